The van der Waals surface area contributed by atoms with E-state index in [9.17, 15) is 4.79 Å². The molecule has 1 aliphatic heterocycles. The lowest BCUT2D eigenvalue weighted by atomic mass is 10.2. The smallest absolute Gasteiger partial charge is 0.410 e. The van der Waals surface area contributed by atoms with Crippen LogP contribution in [0.25, 0.3) is 0 Å². The highest BCUT2D eigenvalue weighted by Gasteiger charge is 2.32. The normalized spacial score (nSPS) is 17.3. The Kier molecular flexibility index (Phi) is 2.95. The molecule has 1 N–H and O–H groups in total. The van der Waals surface area contributed by atoms with Gasteiger partial charge in [-0.05, 0) is 12.5 Å². The number of carbonyl (C=O) groups is 1. The average Bonchev–Trinajstić information content (AvgIpc) is 3.01. The second kappa shape index (κ2) is 4.76. The van der Waals surface area contributed by atoms with Crippen molar-refractivity contribution < 1.29 is 9.53 Å². The molecule has 19 heavy (non-hydrogen) atoms. The summed E-state index contributed by atoms with van der Waals surface area (Å²) in [6.07, 6.45) is 1.48. The zero-order valence-electron chi connectivity index (χ0n) is 10.7. The molecule has 0 aliphatic carbocycles. The van der Waals surface area contributed by atoms with E-state index in [2.05, 4.69) is 10.2 Å². The van der Waals surface area contributed by atoms with Crippen LogP contribution in [0, 0.1) is 0 Å². The minimum atomic E-state index is -0.291. The number of fused-ring (bicyclic) bond motifs is 1. The van der Waals surface area contributed by atoms with Gasteiger partial charge in [-0.1, -0.05) is 30.3 Å². The van der Waals surface area contributed by atoms with Gasteiger partial charge in [0.05, 0.1) is 24.5 Å². The van der Waals surface area contributed by atoms with E-state index in [-0.39, 0.29) is 12.1 Å². The molecule has 1 aromatic carbocycles. The first-order chi connectivity index (χ1) is 9.25. The predicted molar refractivity (Wildman–Crippen MR) is 69.2 cm³/mol. The summed E-state index contributed by atoms with van der Waals surface area (Å²) in [4.78, 5) is 13.8. The minimum absolute atomic E-state index is 0.0111. The number of amides is 1. The maximum atomic E-state index is 12.1. The van der Waals surface area contributed by atoms with Gasteiger partial charge in [0.2, 0.25) is 0 Å². The molecule has 0 saturated heterocycles. The summed E-state index contributed by atoms with van der Waals surface area (Å²) in [5.74, 6) is 0. The summed E-state index contributed by atoms with van der Waals surface area (Å²) in [7, 11) is 0. The lowest BCUT2D eigenvalue weighted by molar-refractivity contribution is 0.0854. The summed E-state index contributed by atoms with van der Waals surface area (Å²) in [6, 6.07) is 9.68. The molecule has 1 aliphatic rings. The van der Waals surface area contributed by atoms with E-state index >= 15 is 0 Å². The van der Waals surface area contributed by atoms with Gasteiger partial charge in [-0.2, -0.15) is 5.10 Å². The first-order valence-corrected chi connectivity index (χ1v) is 6.25. The molecule has 1 aromatic heterocycles. The number of rotatable bonds is 2. The number of hydrogen-bond acceptors (Lipinski definition) is 3. The Hall–Kier alpha value is -2.30. The summed E-state index contributed by atoms with van der Waals surface area (Å²) in [5.41, 5.74) is 3.05. The third-order valence-electron chi connectivity index (χ3n) is 3.44. The van der Waals surface area contributed by atoms with Gasteiger partial charge in [-0.25, -0.2) is 4.79 Å². The van der Waals surface area contributed by atoms with Crippen molar-refractivity contribution in [2.75, 3.05) is 0 Å². The molecule has 1 amide bonds. The van der Waals surface area contributed by atoms with Gasteiger partial charge in [0.15, 0.2) is 0 Å². The Morgan fingerprint density at radius 2 is 2.26 bits per heavy atom. The van der Waals surface area contributed by atoms with Crippen molar-refractivity contribution in [2.24, 2.45) is 0 Å². The van der Waals surface area contributed by atoms with Gasteiger partial charge in [0, 0.05) is 5.56 Å². The molecule has 0 spiro atoms. The number of aromatic nitrogens is 2. The third kappa shape index (κ3) is 2.19. The summed E-state index contributed by atoms with van der Waals surface area (Å²) >= 11 is 0. The van der Waals surface area contributed by atoms with E-state index in [1.807, 2.05) is 37.3 Å². The maximum Gasteiger partial charge on any atom is 0.410 e. The fourth-order valence-electron chi connectivity index (χ4n) is 2.31. The SMILES string of the molecule is C[C@H]1c2cn[nH]c2CN1C(=O)OCc1ccccc1. The van der Waals surface area contributed by atoms with Crippen molar-refractivity contribution in [1.82, 2.24) is 15.1 Å². The second-order valence-electron chi connectivity index (χ2n) is 4.65. The number of hydrogen-bond donors (Lipinski definition) is 1. The van der Waals surface area contributed by atoms with E-state index in [4.69, 9.17) is 4.74 Å². The lowest BCUT2D eigenvalue weighted by Gasteiger charge is -2.21. The first kappa shape index (κ1) is 11.8. The molecule has 1 atom stereocenters. The number of nitrogens with zero attached hydrogens (tertiary/aromatic N) is 2. The molecule has 98 valence electrons. The Bertz CT molecular complexity index is 579. The molecule has 2 heterocycles. The topological polar surface area (TPSA) is 58.2 Å². The summed E-state index contributed by atoms with van der Waals surface area (Å²) in [5, 5.41) is 6.89. The van der Waals surface area contributed by atoms with Crippen molar-refractivity contribution in [3.05, 3.63) is 53.3 Å². The zero-order valence-corrected chi connectivity index (χ0v) is 10.7. The monoisotopic (exact) mass is 257 g/mol. The van der Waals surface area contributed by atoms with Crippen molar-refractivity contribution in [1.29, 1.82) is 0 Å². The fourth-order valence-corrected chi connectivity index (χ4v) is 2.31. The van der Waals surface area contributed by atoms with Crippen molar-refractivity contribution >= 4 is 6.09 Å². The molecule has 0 saturated carbocycles. The van der Waals surface area contributed by atoms with Crippen molar-refractivity contribution in [2.45, 2.75) is 26.1 Å². The molecule has 0 fully saturated rings. The Morgan fingerprint density at radius 3 is 3.00 bits per heavy atom. The summed E-state index contributed by atoms with van der Waals surface area (Å²) < 4.78 is 5.34. The van der Waals surface area contributed by atoms with Crippen LogP contribution < -0.4 is 0 Å². The molecule has 0 bridgehead atoms. The van der Waals surface area contributed by atoms with Gasteiger partial charge in [-0.15, -0.1) is 0 Å². The standard InChI is InChI=1S/C14H15N3O2/c1-10-12-7-15-16-13(12)8-17(10)14(18)19-9-11-5-3-2-4-6-11/h2-7,10H,8-9H2,1H3,(H,15,16)/t10-/m0/s1. The van der Waals surface area contributed by atoms with Crippen LogP contribution in [0.5, 0.6) is 0 Å². The van der Waals surface area contributed by atoms with Crippen LogP contribution in [0.4, 0.5) is 4.79 Å². The van der Waals surface area contributed by atoms with Crippen LogP contribution in [0.2, 0.25) is 0 Å². The van der Waals surface area contributed by atoms with Crippen molar-refractivity contribution in [3.63, 3.8) is 0 Å². The molecule has 5 nitrogen and oxygen atoms in total. The molecule has 3 rings (SSSR count). The predicted octanol–water partition coefficient (Wildman–Crippen LogP) is 2.62. The van der Waals surface area contributed by atoms with E-state index < -0.39 is 0 Å². The second-order valence-corrected chi connectivity index (χ2v) is 4.65. The summed E-state index contributed by atoms with van der Waals surface area (Å²) in [6.45, 7) is 2.81. The molecule has 0 unspecified atom stereocenters. The number of nitrogens with one attached hydrogen (secondary N) is 1. The average molecular weight is 257 g/mol. The highest BCUT2D eigenvalue weighted by Crippen LogP contribution is 2.32. The van der Waals surface area contributed by atoms with Gasteiger partial charge < -0.3 is 4.74 Å². The van der Waals surface area contributed by atoms with Gasteiger partial charge in [0.25, 0.3) is 0 Å². The van der Waals surface area contributed by atoms with Gasteiger partial charge >= 0.3 is 6.09 Å². The van der Waals surface area contributed by atoms with Crippen molar-refractivity contribution in [3.8, 4) is 0 Å². The molecule has 5 heteroatoms. The number of ether oxygens (including phenoxy) is 1. The number of benzene rings is 1. The van der Waals surface area contributed by atoms with E-state index in [0.717, 1.165) is 16.8 Å². The van der Waals surface area contributed by atoms with E-state index in [1.165, 1.54) is 0 Å². The fraction of sp³-hybridized carbons (Fsp3) is 0.286. The molecule has 0 radical (unpaired) electrons. The van der Waals surface area contributed by atoms with Crippen LogP contribution >= 0.6 is 0 Å². The van der Waals surface area contributed by atoms with Gasteiger partial charge in [0.1, 0.15) is 6.61 Å². The largest absolute Gasteiger partial charge is 0.445 e. The third-order valence-corrected chi connectivity index (χ3v) is 3.44. The number of carbonyl (C=O) groups excluding carboxylic acids is 1. The van der Waals surface area contributed by atoms with E-state index in [1.54, 1.807) is 11.1 Å². The van der Waals surface area contributed by atoms with Crippen LogP contribution in [0.15, 0.2) is 36.5 Å². The molecular formula is C14H15N3O2. The van der Waals surface area contributed by atoms with Gasteiger partial charge in [-0.3, -0.25) is 10.00 Å². The Balaban J connectivity index is 1.62. The highest BCUT2D eigenvalue weighted by atomic mass is 16.6. The molecule has 2 aromatic rings. The minimum Gasteiger partial charge on any atom is -0.445 e. The maximum absolute atomic E-state index is 12.1. The number of aromatic amines is 1. The Morgan fingerprint density at radius 1 is 1.47 bits per heavy atom. The van der Waals surface area contributed by atoms with Crippen LogP contribution in [-0.2, 0) is 17.9 Å². The van der Waals surface area contributed by atoms with Crippen LogP contribution in [-0.4, -0.2) is 21.2 Å². The molecular weight excluding hydrogens is 242 g/mol. The highest BCUT2D eigenvalue weighted by molar-refractivity contribution is 5.69. The zero-order chi connectivity index (χ0) is 13.2. The number of H-pyrrole nitrogens is 1. The Labute approximate surface area is 111 Å². The van der Waals surface area contributed by atoms with Crippen LogP contribution in [0.1, 0.15) is 29.8 Å². The van der Waals surface area contributed by atoms with E-state index in [0.29, 0.717) is 13.2 Å². The van der Waals surface area contributed by atoms with Crippen LogP contribution in [0.3, 0.4) is 0 Å². The lowest BCUT2D eigenvalue weighted by Crippen LogP contribution is -2.29. The first-order valence-electron chi connectivity index (χ1n) is 6.25. The quantitative estimate of drug-likeness (QED) is 0.899.